The summed E-state index contributed by atoms with van der Waals surface area (Å²) in [5.41, 5.74) is 3.91. The van der Waals surface area contributed by atoms with Gasteiger partial charge in [-0.1, -0.05) is 0 Å². The Morgan fingerprint density at radius 1 is 1.64 bits per heavy atom. The third-order valence-corrected chi connectivity index (χ3v) is 1.68. The fourth-order valence-corrected chi connectivity index (χ4v) is 0.984. The number of nitrogen functional groups attached to an aromatic ring is 1. The van der Waals surface area contributed by atoms with Crippen LogP contribution in [0.25, 0.3) is 0 Å². The molecule has 0 fully saturated rings. The summed E-state index contributed by atoms with van der Waals surface area (Å²) in [7, 11) is 0. The van der Waals surface area contributed by atoms with Gasteiger partial charge in [-0.05, 0) is 17.7 Å². The van der Waals surface area contributed by atoms with Crippen LogP contribution < -0.4 is 5.73 Å². The Morgan fingerprint density at radius 2 is 2.21 bits per heavy atom. The van der Waals surface area contributed by atoms with E-state index in [4.69, 9.17) is 22.4 Å². The molecule has 0 saturated carbocycles. The van der Waals surface area contributed by atoms with E-state index >= 15 is 0 Å². The van der Waals surface area contributed by atoms with Crippen molar-refractivity contribution >= 4 is 22.7 Å². The number of aromatic hydroxyl groups is 1. The zero-order valence-corrected chi connectivity index (χ0v) is 7.42. The summed E-state index contributed by atoms with van der Waals surface area (Å²) in [6.07, 6.45) is -2.88. The maximum atomic E-state index is 12.2. The van der Waals surface area contributed by atoms with Crippen molar-refractivity contribution in [2.24, 2.45) is 0 Å². The Hall–Kier alpha value is -1.43. The zero-order valence-electron chi connectivity index (χ0n) is 6.67. The van der Waals surface area contributed by atoms with Crippen LogP contribution in [0, 0.1) is 0 Å². The molecule has 0 amide bonds. The zero-order chi connectivity index (χ0) is 10.9. The summed E-state index contributed by atoms with van der Waals surface area (Å²) in [6.45, 7) is 0. The summed E-state index contributed by atoms with van der Waals surface area (Å²) >= 11 is 5.03. The van der Waals surface area contributed by atoms with Gasteiger partial charge in [0.25, 0.3) is 11.7 Å². The number of alkyl halides is 2. The summed E-state index contributed by atoms with van der Waals surface area (Å²) in [4.78, 5) is 13.9. The van der Waals surface area contributed by atoms with Crippen molar-refractivity contribution in [1.29, 1.82) is 0 Å². The smallest absolute Gasteiger partial charge is 0.280 e. The molecule has 4 nitrogen and oxygen atoms in total. The lowest BCUT2D eigenvalue weighted by molar-refractivity contribution is 0.107. The molecule has 1 heterocycles. The minimum Gasteiger partial charge on any atom is -0.504 e. The maximum absolute atomic E-state index is 12.2. The molecule has 0 aromatic carbocycles. The van der Waals surface area contributed by atoms with E-state index in [9.17, 15) is 13.6 Å². The van der Waals surface area contributed by atoms with Crippen LogP contribution in [-0.2, 0) is 0 Å². The number of carbonyl (C=O) groups is 1. The van der Waals surface area contributed by atoms with Crippen LogP contribution in [0.2, 0.25) is 0 Å². The number of pyridine rings is 1. The second kappa shape index (κ2) is 3.75. The highest BCUT2D eigenvalue weighted by molar-refractivity contribution is 6.68. The molecule has 1 rings (SSSR count). The lowest BCUT2D eigenvalue weighted by Crippen LogP contribution is -2.02. The summed E-state index contributed by atoms with van der Waals surface area (Å²) in [5.74, 6) is -1.23. The number of hydrogen-bond donors (Lipinski definition) is 2. The van der Waals surface area contributed by atoms with E-state index in [0.717, 1.165) is 0 Å². The van der Waals surface area contributed by atoms with E-state index in [0.29, 0.717) is 6.07 Å². The van der Waals surface area contributed by atoms with Gasteiger partial charge in [0.15, 0.2) is 11.6 Å². The maximum Gasteiger partial charge on any atom is 0.280 e. The summed E-state index contributed by atoms with van der Waals surface area (Å²) in [5, 5.41) is 8.07. The third kappa shape index (κ3) is 1.90. The van der Waals surface area contributed by atoms with E-state index in [1.165, 1.54) is 0 Å². The second-order valence-electron chi connectivity index (χ2n) is 2.40. The molecular formula is C7H5ClF2N2O2. The molecule has 0 radical (unpaired) electrons. The monoisotopic (exact) mass is 222 g/mol. The van der Waals surface area contributed by atoms with Crippen molar-refractivity contribution in [3.05, 3.63) is 17.3 Å². The average molecular weight is 223 g/mol. The molecular weight excluding hydrogens is 218 g/mol. The number of rotatable bonds is 2. The second-order valence-corrected chi connectivity index (χ2v) is 2.75. The minimum absolute atomic E-state index is 0.477. The van der Waals surface area contributed by atoms with Crippen molar-refractivity contribution in [1.82, 2.24) is 4.98 Å². The molecule has 0 aliphatic heterocycles. The molecule has 0 saturated heterocycles. The number of nitrogens with two attached hydrogens (primary N) is 1. The van der Waals surface area contributed by atoms with Crippen LogP contribution in [0.5, 0.6) is 5.75 Å². The number of halogens is 3. The Morgan fingerprint density at radius 3 is 2.64 bits per heavy atom. The summed E-state index contributed by atoms with van der Waals surface area (Å²) < 4.78 is 24.3. The molecule has 0 aliphatic carbocycles. The first kappa shape index (κ1) is 10.6. The highest BCUT2D eigenvalue weighted by Gasteiger charge is 2.18. The lowest BCUT2D eigenvalue weighted by atomic mass is 10.2. The van der Waals surface area contributed by atoms with E-state index in [1.54, 1.807) is 0 Å². The normalized spacial score (nSPS) is 10.6. The van der Waals surface area contributed by atoms with E-state index in [2.05, 4.69) is 4.98 Å². The largest absolute Gasteiger partial charge is 0.504 e. The predicted molar refractivity (Wildman–Crippen MR) is 45.5 cm³/mol. The van der Waals surface area contributed by atoms with Crippen molar-refractivity contribution in [3.63, 3.8) is 0 Å². The van der Waals surface area contributed by atoms with Crippen molar-refractivity contribution in [2.75, 3.05) is 5.73 Å². The molecule has 7 heteroatoms. The Bertz CT molecular complexity index is 384. The molecule has 1 aromatic rings. The van der Waals surface area contributed by atoms with Gasteiger partial charge < -0.3 is 10.8 Å². The van der Waals surface area contributed by atoms with Gasteiger partial charge in [-0.3, -0.25) is 4.79 Å². The van der Waals surface area contributed by atoms with Crippen LogP contribution in [0.15, 0.2) is 6.07 Å². The topological polar surface area (TPSA) is 76.2 Å². The molecule has 0 atom stereocenters. The first-order chi connectivity index (χ1) is 6.43. The molecule has 1 aromatic heterocycles. The minimum atomic E-state index is -2.88. The van der Waals surface area contributed by atoms with Gasteiger partial charge in [0.2, 0.25) is 0 Å². The average Bonchev–Trinajstić information content (AvgIpc) is 2.08. The van der Waals surface area contributed by atoms with Crippen LogP contribution >= 0.6 is 11.6 Å². The number of carbonyl (C=O) groups excluding carboxylic acids is 1. The number of aromatic nitrogens is 1. The fraction of sp³-hybridized carbons (Fsp3) is 0.143. The number of hydrogen-bond acceptors (Lipinski definition) is 4. The van der Waals surface area contributed by atoms with Crippen LogP contribution in [-0.4, -0.2) is 15.3 Å². The SMILES string of the molecule is Nc1nc(C(F)F)cc(C(=O)Cl)c1O. The van der Waals surface area contributed by atoms with Gasteiger partial charge in [-0.25, -0.2) is 13.8 Å². The number of nitrogens with zero attached hydrogens (tertiary/aromatic N) is 1. The fourth-order valence-electron chi connectivity index (χ4n) is 0.840. The van der Waals surface area contributed by atoms with E-state index in [-0.39, 0.29) is 0 Å². The summed E-state index contributed by atoms with van der Waals surface area (Å²) in [6, 6.07) is 0.700. The van der Waals surface area contributed by atoms with E-state index in [1.807, 2.05) is 0 Å². The molecule has 0 unspecified atom stereocenters. The third-order valence-electron chi connectivity index (χ3n) is 1.47. The van der Waals surface area contributed by atoms with Gasteiger partial charge in [0, 0.05) is 0 Å². The Kier molecular flexibility index (Phi) is 2.85. The molecule has 14 heavy (non-hydrogen) atoms. The Labute approximate surface area is 82.3 Å². The highest BCUT2D eigenvalue weighted by atomic mass is 35.5. The van der Waals surface area contributed by atoms with E-state index < -0.39 is 34.5 Å². The quantitative estimate of drug-likeness (QED) is 0.747. The predicted octanol–water partition coefficient (Wildman–Crippen LogP) is 1.69. The first-order valence-electron chi connectivity index (χ1n) is 3.41. The lowest BCUT2D eigenvalue weighted by Gasteiger charge is -2.05. The van der Waals surface area contributed by atoms with Gasteiger partial charge in [0.05, 0.1) is 5.56 Å². The van der Waals surface area contributed by atoms with Gasteiger partial charge in [-0.2, -0.15) is 0 Å². The molecule has 76 valence electrons. The number of anilines is 1. The van der Waals surface area contributed by atoms with Crippen molar-refractivity contribution in [3.8, 4) is 5.75 Å². The highest BCUT2D eigenvalue weighted by Crippen LogP contribution is 2.29. The molecule has 0 aliphatic rings. The van der Waals surface area contributed by atoms with Gasteiger partial charge in [0.1, 0.15) is 5.69 Å². The van der Waals surface area contributed by atoms with Crippen LogP contribution in [0.3, 0.4) is 0 Å². The van der Waals surface area contributed by atoms with Crippen LogP contribution in [0.1, 0.15) is 22.5 Å². The molecule has 0 spiro atoms. The first-order valence-corrected chi connectivity index (χ1v) is 3.78. The standard InChI is InChI=1S/C7H5ClF2N2O2/c8-5(14)2-1-3(6(9)10)12-7(11)4(2)13/h1,6,13H,(H2,11,12). The molecule has 0 bridgehead atoms. The Balaban J connectivity index is 3.35. The van der Waals surface area contributed by atoms with Gasteiger partial charge in [-0.15, -0.1) is 0 Å². The van der Waals surface area contributed by atoms with Gasteiger partial charge >= 0.3 is 0 Å². The van der Waals surface area contributed by atoms with Crippen LogP contribution in [0.4, 0.5) is 14.6 Å². The molecule has 3 N–H and O–H groups in total. The van der Waals surface area contributed by atoms with Crippen molar-refractivity contribution < 1.29 is 18.7 Å². The van der Waals surface area contributed by atoms with Crippen molar-refractivity contribution in [2.45, 2.75) is 6.43 Å².